The van der Waals surface area contributed by atoms with Gasteiger partial charge in [-0.25, -0.2) is 0 Å². The van der Waals surface area contributed by atoms with Crippen molar-refractivity contribution >= 4 is 5.91 Å². The van der Waals surface area contributed by atoms with Crippen molar-refractivity contribution in [1.82, 2.24) is 4.90 Å². The van der Waals surface area contributed by atoms with Gasteiger partial charge < -0.3 is 22.2 Å². The van der Waals surface area contributed by atoms with E-state index in [1.54, 1.807) is 4.90 Å². The van der Waals surface area contributed by atoms with Crippen LogP contribution in [-0.4, -0.2) is 36.5 Å². The Morgan fingerprint density at radius 3 is 2.23 bits per heavy atom. The first-order valence-corrected chi connectivity index (χ1v) is 9.28. The molecule has 1 heterocycles. The van der Waals surface area contributed by atoms with E-state index in [-0.39, 0.29) is 24.4 Å². The Hall–Kier alpha value is -1.84. The molecule has 26 heavy (non-hydrogen) atoms. The average molecular weight is 373 g/mol. The standard InChI is InChI=1S/C22H28N2O.ClH/c1-17-15-23(3)18(2)14-21(17)24(16-19-10-6-4-7-11-19)22(25)20-12-8-5-9-13-20;/h4-13,17-18,21H,14-16H2,1-3H3;1H. The molecule has 3 rings (SSSR count). The largest absolute Gasteiger partial charge is 1.00 e. The van der Waals surface area contributed by atoms with Crippen molar-refractivity contribution in [2.24, 2.45) is 5.92 Å². The van der Waals surface area contributed by atoms with Crippen molar-refractivity contribution in [3.63, 3.8) is 0 Å². The predicted octanol–water partition coefficient (Wildman–Crippen LogP) is -0.355. The van der Waals surface area contributed by atoms with Gasteiger partial charge in [-0.1, -0.05) is 55.5 Å². The fourth-order valence-electron chi connectivity index (χ4n) is 3.94. The lowest BCUT2D eigenvalue weighted by molar-refractivity contribution is -0.913. The van der Waals surface area contributed by atoms with Crippen LogP contribution in [0.4, 0.5) is 0 Å². The maximum atomic E-state index is 13.3. The number of nitrogens with one attached hydrogen (secondary N) is 1. The monoisotopic (exact) mass is 372 g/mol. The van der Waals surface area contributed by atoms with E-state index in [0.717, 1.165) is 18.5 Å². The van der Waals surface area contributed by atoms with Crippen LogP contribution in [0.1, 0.15) is 36.2 Å². The van der Waals surface area contributed by atoms with Crippen LogP contribution in [0.25, 0.3) is 0 Å². The van der Waals surface area contributed by atoms with E-state index in [0.29, 0.717) is 18.5 Å². The third kappa shape index (κ3) is 4.66. The Kier molecular flexibility index (Phi) is 7.24. The van der Waals surface area contributed by atoms with Crippen LogP contribution in [0.2, 0.25) is 0 Å². The quantitative estimate of drug-likeness (QED) is 0.779. The van der Waals surface area contributed by atoms with Crippen LogP contribution in [0, 0.1) is 5.92 Å². The maximum Gasteiger partial charge on any atom is 0.254 e. The van der Waals surface area contributed by atoms with Gasteiger partial charge in [0.05, 0.1) is 19.6 Å². The Labute approximate surface area is 163 Å². The molecule has 0 spiro atoms. The molecular weight excluding hydrogens is 344 g/mol. The first-order valence-electron chi connectivity index (χ1n) is 9.28. The van der Waals surface area contributed by atoms with E-state index in [1.165, 1.54) is 5.56 Å². The second-order valence-corrected chi connectivity index (χ2v) is 7.52. The van der Waals surface area contributed by atoms with Gasteiger partial charge in [0.2, 0.25) is 0 Å². The van der Waals surface area contributed by atoms with Gasteiger partial charge in [-0.05, 0) is 24.6 Å². The summed E-state index contributed by atoms with van der Waals surface area (Å²) in [5, 5.41) is 0. The summed E-state index contributed by atoms with van der Waals surface area (Å²) in [5.74, 6) is 0.639. The second-order valence-electron chi connectivity index (χ2n) is 7.52. The van der Waals surface area contributed by atoms with Crippen LogP contribution < -0.4 is 17.3 Å². The zero-order valence-electron chi connectivity index (χ0n) is 15.9. The number of halogens is 1. The molecule has 0 bridgehead atoms. The molecule has 0 aliphatic carbocycles. The van der Waals surface area contributed by atoms with E-state index < -0.39 is 0 Å². The number of rotatable bonds is 4. The molecule has 4 atom stereocenters. The fourth-order valence-corrected chi connectivity index (χ4v) is 3.94. The van der Waals surface area contributed by atoms with E-state index in [4.69, 9.17) is 0 Å². The Morgan fingerprint density at radius 2 is 1.62 bits per heavy atom. The normalized spacial score (nSPS) is 25.2. The Bertz CT molecular complexity index is 692. The van der Waals surface area contributed by atoms with Crippen LogP contribution in [0.3, 0.4) is 0 Å². The molecule has 1 N–H and O–H groups in total. The van der Waals surface area contributed by atoms with Crippen molar-refractivity contribution in [3.05, 3.63) is 71.8 Å². The number of piperidine rings is 1. The first kappa shape index (κ1) is 20.5. The topological polar surface area (TPSA) is 24.8 Å². The summed E-state index contributed by atoms with van der Waals surface area (Å²) in [6.07, 6.45) is 1.05. The third-order valence-electron chi connectivity index (χ3n) is 5.61. The summed E-state index contributed by atoms with van der Waals surface area (Å²) in [4.78, 5) is 17.0. The number of nitrogens with zero attached hydrogens (tertiary/aromatic N) is 1. The molecule has 0 saturated carbocycles. The number of hydrogen-bond acceptors (Lipinski definition) is 1. The SMILES string of the molecule is CC1C[NH+](C)C(C)CC1N(Cc1ccccc1)C(=O)c1ccccc1.[Cl-]. The van der Waals surface area contributed by atoms with Crippen LogP contribution in [0.5, 0.6) is 0 Å². The fraction of sp³-hybridized carbons (Fsp3) is 0.409. The minimum atomic E-state index is 0. The van der Waals surface area contributed by atoms with Gasteiger partial charge in [-0.15, -0.1) is 0 Å². The summed E-state index contributed by atoms with van der Waals surface area (Å²) in [7, 11) is 2.26. The summed E-state index contributed by atoms with van der Waals surface area (Å²) in [6.45, 7) is 6.37. The lowest BCUT2D eigenvalue weighted by atomic mass is 9.88. The molecule has 4 unspecified atom stereocenters. The predicted molar refractivity (Wildman–Crippen MR) is 102 cm³/mol. The molecule has 1 aliphatic heterocycles. The van der Waals surface area contributed by atoms with Gasteiger partial charge in [0.1, 0.15) is 0 Å². The molecule has 4 heteroatoms. The van der Waals surface area contributed by atoms with Crippen molar-refractivity contribution in [2.45, 2.75) is 38.9 Å². The van der Waals surface area contributed by atoms with E-state index in [2.05, 4.69) is 37.9 Å². The zero-order chi connectivity index (χ0) is 17.8. The van der Waals surface area contributed by atoms with E-state index >= 15 is 0 Å². The van der Waals surface area contributed by atoms with E-state index in [1.807, 2.05) is 48.5 Å². The smallest absolute Gasteiger partial charge is 0.254 e. The van der Waals surface area contributed by atoms with Crippen LogP contribution >= 0.6 is 0 Å². The van der Waals surface area contributed by atoms with Gasteiger partial charge >= 0.3 is 0 Å². The highest BCUT2D eigenvalue weighted by atomic mass is 35.5. The van der Waals surface area contributed by atoms with Crippen molar-refractivity contribution in [1.29, 1.82) is 0 Å². The highest BCUT2D eigenvalue weighted by Crippen LogP contribution is 2.23. The number of amides is 1. The summed E-state index contributed by atoms with van der Waals surface area (Å²) < 4.78 is 0. The lowest BCUT2D eigenvalue weighted by Crippen LogP contribution is -3.15. The van der Waals surface area contributed by atoms with Gasteiger partial charge in [0.15, 0.2) is 0 Å². The molecule has 1 fully saturated rings. The maximum absolute atomic E-state index is 13.3. The molecule has 3 nitrogen and oxygen atoms in total. The summed E-state index contributed by atoms with van der Waals surface area (Å²) >= 11 is 0. The van der Waals surface area contributed by atoms with Gasteiger partial charge in [-0.3, -0.25) is 4.79 Å². The Morgan fingerprint density at radius 1 is 1.04 bits per heavy atom. The summed E-state index contributed by atoms with van der Waals surface area (Å²) in [6, 6.07) is 20.9. The minimum Gasteiger partial charge on any atom is -1.00 e. The molecule has 1 aliphatic rings. The molecule has 0 radical (unpaired) electrons. The molecular formula is C22H29ClN2O. The number of hydrogen-bond donors (Lipinski definition) is 1. The number of likely N-dealkylation sites (tertiary alicyclic amines) is 1. The molecule has 2 aromatic carbocycles. The highest BCUT2D eigenvalue weighted by Gasteiger charge is 2.37. The van der Waals surface area contributed by atoms with Gasteiger partial charge in [0.25, 0.3) is 5.91 Å². The first-order chi connectivity index (χ1) is 12.1. The minimum absolute atomic E-state index is 0. The lowest BCUT2D eigenvalue weighted by Gasteiger charge is -2.43. The number of quaternary nitrogens is 1. The summed E-state index contributed by atoms with van der Waals surface area (Å²) in [5.41, 5.74) is 1.97. The zero-order valence-corrected chi connectivity index (χ0v) is 16.6. The number of benzene rings is 2. The molecule has 2 aromatic rings. The number of carbonyl (C=O) groups is 1. The van der Waals surface area contributed by atoms with Crippen LogP contribution in [0.15, 0.2) is 60.7 Å². The van der Waals surface area contributed by atoms with Crippen molar-refractivity contribution in [2.75, 3.05) is 13.6 Å². The average Bonchev–Trinajstić information content (AvgIpc) is 2.64. The second kappa shape index (κ2) is 9.20. The van der Waals surface area contributed by atoms with Crippen molar-refractivity contribution in [3.8, 4) is 0 Å². The molecule has 140 valence electrons. The van der Waals surface area contributed by atoms with Crippen LogP contribution in [-0.2, 0) is 6.54 Å². The van der Waals surface area contributed by atoms with Gasteiger partial charge in [0, 0.05) is 30.5 Å². The molecule has 1 saturated heterocycles. The molecule has 0 aromatic heterocycles. The third-order valence-corrected chi connectivity index (χ3v) is 5.61. The number of carbonyl (C=O) groups excluding carboxylic acids is 1. The Balaban J connectivity index is 0.00000243. The highest BCUT2D eigenvalue weighted by molar-refractivity contribution is 5.94. The van der Waals surface area contributed by atoms with Crippen molar-refractivity contribution < 1.29 is 22.1 Å². The van der Waals surface area contributed by atoms with E-state index in [9.17, 15) is 4.79 Å². The molecule has 1 amide bonds. The van der Waals surface area contributed by atoms with Gasteiger partial charge in [-0.2, -0.15) is 0 Å².